The number of benzene rings is 1. The average molecular weight is 510 g/mol. The first-order chi connectivity index (χ1) is 17.5. The Hall–Kier alpha value is -3.92. The van der Waals surface area contributed by atoms with Crippen LogP contribution in [0.4, 0.5) is 0 Å². The summed E-state index contributed by atoms with van der Waals surface area (Å²) in [5.41, 5.74) is 2.29. The van der Waals surface area contributed by atoms with Crippen LogP contribution in [-0.2, 0) is 20.9 Å². The normalized spacial score (nSPS) is 16.6. The van der Waals surface area contributed by atoms with Gasteiger partial charge in [-0.15, -0.1) is 0 Å². The van der Waals surface area contributed by atoms with E-state index in [1.54, 1.807) is 51.7 Å². The Kier molecular flexibility index (Phi) is 7.84. The van der Waals surface area contributed by atoms with Gasteiger partial charge in [-0.3, -0.25) is 4.79 Å². The average Bonchev–Trinajstić information content (AvgIpc) is 3.55. The highest BCUT2D eigenvalue weighted by Crippen LogP contribution is 2.47. The van der Waals surface area contributed by atoms with E-state index in [-0.39, 0.29) is 25.5 Å². The van der Waals surface area contributed by atoms with Gasteiger partial charge in [-0.1, -0.05) is 24.4 Å². The Bertz CT molecular complexity index is 1250. The second kappa shape index (κ2) is 11.2. The summed E-state index contributed by atoms with van der Waals surface area (Å²) >= 11 is 1.39. The van der Waals surface area contributed by atoms with Crippen LogP contribution in [-0.4, -0.2) is 42.8 Å². The number of carbonyl (C=O) groups excluding carboxylic acids is 2. The van der Waals surface area contributed by atoms with Crippen LogP contribution in [0.25, 0.3) is 0 Å². The molecule has 1 N–H and O–H groups in total. The van der Waals surface area contributed by atoms with E-state index in [1.807, 2.05) is 16.4 Å². The molecule has 0 saturated carbocycles. The molecular formula is C26H27N3O6S. The van der Waals surface area contributed by atoms with Crippen molar-refractivity contribution in [3.05, 3.63) is 82.9 Å². The van der Waals surface area contributed by atoms with E-state index in [0.29, 0.717) is 45.0 Å². The molecule has 0 unspecified atom stereocenters. The molecule has 1 atom stereocenters. The van der Waals surface area contributed by atoms with Gasteiger partial charge in [0, 0.05) is 17.3 Å². The molecule has 0 aliphatic carbocycles. The number of amides is 1. The molecule has 2 aliphatic rings. The number of hydrogen-bond donors (Lipinski definition) is 1. The number of nitrogens with one attached hydrogen (secondary N) is 1. The number of aliphatic imine (C=N–C) groups is 1. The van der Waals surface area contributed by atoms with Gasteiger partial charge >= 0.3 is 5.97 Å². The minimum atomic E-state index is -0.630. The quantitative estimate of drug-likeness (QED) is 0.373. The summed E-state index contributed by atoms with van der Waals surface area (Å²) in [4.78, 5) is 32.6. The van der Waals surface area contributed by atoms with Crippen molar-refractivity contribution in [2.24, 2.45) is 4.99 Å². The second-order valence-electron chi connectivity index (χ2n) is 7.92. The summed E-state index contributed by atoms with van der Waals surface area (Å²) in [6, 6.07) is 8.33. The molecule has 1 aromatic heterocycles. The molecule has 0 fully saturated rings. The van der Waals surface area contributed by atoms with Crippen molar-refractivity contribution in [1.29, 1.82) is 0 Å². The van der Waals surface area contributed by atoms with Crippen LogP contribution in [0.1, 0.15) is 30.7 Å². The monoisotopic (exact) mass is 509 g/mol. The van der Waals surface area contributed by atoms with Crippen molar-refractivity contribution in [1.82, 2.24) is 10.2 Å². The van der Waals surface area contributed by atoms with E-state index in [0.717, 1.165) is 0 Å². The molecule has 10 heteroatoms. The van der Waals surface area contributed by atoms with Crippen LogP contribution in [0.3, 0.4) is 0 Å². The zero-order valence-corrected chi connectivity index (χ0v) is 21.1. The molecule has 2 aliphatic heterocycles. The van der Waals surface area contributed by atoms with Gasteiger partial charge in [-0.25, -0.2) is 9.79 Å². The van der Waals surface area contributed by atoms with Gasteiger partial charge in [0.25, 0.3) is 0 Å². The molecule has 2 aromatic rings. The molecule has 0 saturated heterocycles. The molecule has 3 heterocycles. The molecule has 4 rings (SSSR count). The number of hydrogen-bond acceptors (Lipinski definition) is 9. The lowest BCUT2D eigenvalue weighted by molar-refractivity contribution is -0.138. The Balaban J connectivity index is 1.69. The molecule has 1 aromatic carbocycles. The van der Waals surface area contributed by atoms with Gasteiger partial charge in [-0.2, -0.15) is 0 Å². The van der Waals surface area contributed by atoms with Crippen LogP contribution in [0.2, 0.25) is 0 Å². The standard InChI is InChI=1S/C26H27N3O6S/c1-5-10-35-25(31)23-16(2)28-26-29(24(23)20-9-8-18(32-3)13-21(20)33-4)17(15-36-26)12-22(30)27-14-19-7-6-11-34-19/h5-9,11,13,15,24H,1,10,12,14H2,2-4H3,(H,27,30)/t24-/m0/s1. The number of nitrogens with zero attached hydrogens (tertiary/aromatic N) is 2. The van der Waals surface area contributed by atoms with Crippen LogP contribution in [0, 0.1) is 0 Å². The Labute approximate surface area is 213 Å². The van der Waals surface area contributed by atoms with Gasteiger partial charge in [0.15, 0.2) is 5.17 Å². The number of rotatable bonds is 10. The lowest BCUT2D eigenvalue weighted by atomic mass is 9.93. The van der Waals surface area contributed by atoms with Crippen molar-refractivity contribution in [2.75, 3.05) is 20.8 Å². The zero-order valence-electron chi connectivity index (χ0n) is 20.3. The fraction of sp³-hybridized carbons (Fsp3) is 0.269. The van der Waals surface area contributed by atoms with Gasteiger partial charge in [-0.05, 0) is 36.6 Å². The molecule has 1 amide bonds. The number of allylic oxidation sites excluding steroid dienone is 1. The van der Waals surface area contributed by atoms with Crippen LogP contribution < -0.4 is 14.8 Å². The highest BCUT2D eigenvalue weighted by Gasteiger charge is 2.42. The largest absolute Gasteiger partial charge is 0.497 e. The second-order valence-corrected chi connectivity index (χ2v) is 8.76. The summed E-state index contributed by atoms with van der Waals surface area (Å²) in [7, 11) is 3.13. The van der Waals surface area contributed by atoms with Crippen LogP contribution in [0.5, 0.6) is 11.5 Å². The van der Waals surface area contributed by atoms with Crippen LogP contribution in [0.15, 0.2) is 81.0 Å². The predicted octanol–water partition coefficient (Wildman–Crippen LogP) is 4.31. The number of ether oxygens (including phenoxy) is 3. The number of furan rings is 1. The van der Waals surface area contributed by atoms with E-state index >= 15 is 0 Å². The number of fused-ring (bicyclic) bond motifs is 1. The molecule has 188 valence electrons. The third-order valence-corrected chi connectivity index (χ3v) is 6.56. The van der Waals surface area contributed by atoms with E-state index in [2.05, 4.69) is 16.9 Å². The number of carbonyl (C=O) groups is 2. The molecule has 0 spiro atoms. The lowest BCUT2D eigenvalue weighted by Gasteiger charge is -2.36. The zero-order chi connectivity index (χ0) is 25.7. The minimum absolute atomic E-state index is 0.0608. The molecule has 9 nitrogen and oxygen atoms in total. The Morgan fingerprint density at radius 1 is 1.28 bits per heavy atom. The predicted molar refractivity (Wildman–Crippen MR) is 136 cm³/mol. The van der Waals surface area contributed by atoms with Crippen molar-refractivity contribution in [3.8, 4) is 11.5 Å². The maximum absolute atomic E-state index is 13.2. The highest BCUT2D eigenvalue weighted by atomic mass is 32.2. The number of thioether (sulfide) groups is 1. The van der Waals surface area contributed by atoms with Gasteiger partial charge < -0.3 is 28.8 Å². The first-order valence-electron chi connectivity index (χ1n) is 11.2. The van der Waals surface area contributed by atoms with Crippen molar-refractivity contribution in [2.45, 2.75) is 25.9 Å². The fourth-order valence-electron chi connectivity index (χ4n) is 4.01. The van der Waals surface area contributed by atoms with E-state index in [9.17, 15) is 9.59 Å². The summed E-state index contributed by atoms with van der Waals surface area (Å²) in [6.07, 6.45) is 3.15. The minimum Gasteiger partial charge on any atom is -0.497 e. The third-order valence-electron chi connectivity index (χ3n) is 5.67. The molecular weight excluding hydrogens is 482 g/mol. The summed E-state index contributed by atoms with van der Waals surface area (Å²) in [5.74, 6) is 1.09. The summed E-state index contributed by atoms with van der Waals surface area (Å²) < 4.78 is 21.7. The first-order valence-corrected chi connectivity index (χ1v) is 12.1. The van der Waals surface area contributed by atoms with Gasteiger partial charge in [0.05, 0.1) is 50.8 Å². The van der Waals surface area contributed by atoms with Gasteiger partial charge in [0.2, 0.25) is 5.91 Å². The Morgan fingerprint density at radius 3 is 2.81 bits per heavy atom. The molecule has 36 heavy (non-hydrogen) atoms. The summed E-state index contributed by atoms with van der Waals surface area (Å²) in [6.45, 7) is 5.74. The maximum atomic E-state index is 13.2. The maximum Gasteiger partial charge on any atom is 0.338 e. The fourth-order valence-corrected chi connectivity index (χ4v) is 4.97. The third kappa shape index (κ3) is 5.18. The smallest absolute Gasteiger partial charge is 0.338 e. The number of esters is 1. The van der Waals surface area contributed by atoms with E-state index in [4.69, 9.17) is 18.6 Å². The number of methoxy groups -OCH3 is 2. The van der Waals surface area contributed by atoms with Crippen molar-refractivity contribution >= 4 is 28.8 Å². The lowest BCUT2D eigenvalue weighted by Crippen LogP contribution is -2.38. The highest BCUT2D eigenvalue weighted by molar-refractivity contribution is 8.16. The van der Waals surface area contributed by atoms with Crippen molar-refractivity contribution < 1.29 is 28.2 Å². The first kappa shape index (κ1) is 25.2. The van der Waals surface area contributed by atoms with Gasteiger partial charge in [0.1, 0.15) is 23.9 Å². The van der Waals surface area contributed by atoms with Crippen LogP contribution >= 0.6 is 11.8 Å². The SMILES string of the molecule is C=CCOC(=O)C1=C(C)N=C2SC=C(CC(=O)NCc3ccco3)N2[C@H]1c1ccc(OC)cc1OC. The van der Waals surface area contributed by atoms with Crippen molar-refractivity contribution in [3.63, 3.8) is 0 Å². The Morgan fingerprint density at radius 2 is 2.11 bits per heavy atom. The number of amidine groups is 1. The van der Waals surface area contributed by atoms with E-state index in [1.165, 1.54) is 17.8 Å². The summed E-state index contributed by atoms with van der Waals surface area (Å²) in [5, 5.41) is 5.40. The topological polar surface area (TPSA) is 103 Å². The molecule has 0 bridgehead atoms. The van der Waals surface area contributed by atoms with E-state index < -0.39 is 12.0 Å². The molecule has 0 radical (unpaired) electrons.